The van der Waals surface area contributed by atoms with Crippen LogP contribution in [0.15, 0.2) is 60.9 Å². The Labute approximate surface area is 155 Å². The van der Waals surface area contributed by atoms with Crippen LogP contribution in [0.4, 0.5) is 11.5 Å². The summed E-state index contributed by atoms with van der Waals surface area (Å²) in [4.78, 5) is 20.2. The quantitative estimate of drug-likeness (QED) is 0.471. The van der Waals surface area contributed by atoms with Gasteiger partial charge in [0.15, 0.2) is 0 Å². The lowest BCUT2D eigenvalue weighted by atomic mass is 10.0. The van der Waals surface area contributed by atoms with Gasteiger partial charge in [0.25, 0.3) is 0 Å². The summed E-state index contributed by atoms with van der Waals surface area (Å²) in [6.07, 6.45) is 2.79. The Hall–Kier alpha value is -3.51. The molecule has 0 aliphatic carbocycles. The van der Waals surface area contributed by atoms with Gasteiger partial charge >= 0.3 is 5.97 Å². The molecule has 0 amide bonds. The van der Waals surface area contributed by atoms with E-state index in [4.69, 9.17) is 0 Å². The van der Waals surface area contributed by atoms with Crippen LogP contribution in [0.5, 0.6) is 0 Å². The average molecular weight is 359 g/mol. The minimum absolute atomic E-state index is 0.175. The van der Waals surface area contributed by atoms with Crippen molar-refractivity contribution in [2.75, 3.05) is 5.32 Å². The van der Waals surface area contributed by atoms with Crippen LogP contribution < -0.4 is 5.32 Å². The van der Waals surface area contributed by atoms with E-state index in [1.54, 1.807) is 37.5 Å². The second-order valence-corrected chi connectivity index (χ2v) is 6.31. The van der Waals surface area contributed by atoms with E-state index in [0.29, 0.717) is 11.3 Å². The van der Waals surface area contributed by atoms with Gasteiger partial charge in [0.2, 0.25) is 0 Å². The number of nitrogens with zero attached hydrogens (tertiary/aromatic N) is 2. The fourth-order valence-electron chi connectivity index (χ4n) is 3.18. The topological polar surface area (TPSA) is 95.3 Å². The van der Waals surface area contributed by atoms with E-state index in [9.17, 15) is 15.0 Å². The van der Waals surface area contributed by atoms with E-state index < -0.39 is 12.1 Å². The number of hydrogen-bond acceptors (Lipinski definition) is 5. The monoisotopic (exact) mass is 359 g/mol. The van der Waals surface area contributed by atoms with Crippen LogP contribution in [0.2, 0.25) is 0 Å². The molecular weight excluding hydrogens is 342 g/mol. The SMILES string of the molecule is CC(O)c1ccccc1Nc1nc2cc(C(=O)O)ccc2c2cnccc12. The number of fused-ring (bicyclic) bond motifs is 3. The van der Waals surface area contributed by atoms with Crippen molar-refractivity contribution in [3.63, 3.8) is 0 Å². The Balaban J connectivity index is 1.95. The lowest BCUT2D eigenvalue weighted by Gasteiger charge is -2.16. The maximum Gasteiger partial charge on any atom is 0.335 e. The Bertz CT molecular complexity index is 1170. The summed E-state index contributed by atoms with van der Waals surface area (Å²) in [5, 5.41) is 25.2. The molecule has 27 heavy (non-hydrogen) atoms. The molecule has 1 atom stereocenters. The van der Waals surface area contributed by atoms with E-state index in [1.807, 2.05) is 30.3 Å². The number of carboxylic acids is 1. The third kappa shape index (κ3) is 3.07. The first kappa shape index (κ1) is 16.9. The second-order valence-electron chi connectivity index (χ2n) is 6.31. The van der Waals surface area contributed by atoms with Gasteiger partial charge in [0, 0.05) is 39.8 Å². The molecule has 1 unspecified atom stereocenters. The predicted octanol–water partition coefficient (Wildman–Crippen LogP) is 4.28. The highest BCUT2D eigenvalue weighted by Gasteiger charge is 2.13. The standard InChI is InChI=1S/C21H17N3O3/c1-12(25)14-4-2-3-5-18(14)23-20-16-8-9-22-11-17(16)15-7-6-13(21(26)27)10-19(15)24-20/h2-12,25H,1H3,(H,23,24)(H,26,27). The summed E-state index contributed by atoms with van der Waals surface area (Å²) >= 11 is 0. The minimum atomic E-state index is -1.00. The molecule has 2 aromatic carbocycles. The van der Waals surface area contributed by atoms with Crippen LogP contribution in [-0.4, -0.2) is 26.2 Å². The number of carbonyl (C=O) groups is 1. The maximum atomic E-state index is 11.3. The molecule has 0 saturated heterocycles. The normalized spacial score (nSPS) is 12.2. The molecule has 6 heteroatoms. The minimum Gasteiger partial charge on any atom is -0.478 e. The number of hydrogen-bond donors (Lipinski definition) is 3. The first-order valence-corrected chi connectivity index (χ1v) is 8.49. The molecule has 4 aromatic rings. The molecule has 0 aliphatic rings. The molecule has 0 saturated carbocycles. The number of aromatic nitrogens is 2. The Morgan fingerprint density at radius 1 is 1.07 bits per heavy atom. The number of carboxylic acid groups (broad SMARTS) is 1. The first-order valence-electron chi connectivity index (χ1n) is 8.49. The molecule has 134 valence electrons. The summed E-state index contributed by atoms with van der Waals surface area (Å²) < 4.78 is 0. The van der Waals surface area contributed by atoms with E-state index in [1.165, 1.54) is 0 Å². The van der Waals surface area contributed by atoms with Crippen molar-refractivity contribution in [1.29, 1.82) is 0 Å². The predicted molar refractivity (Wildman–Crippen MR) is 104 cm³/mol. The smallest absolute Gasteiger partial charge is 0.335 e. The third-order valence-corrected chi connectivity index (χ3v) is 4.51. The van der Waals surface area contributed by atoms with Crippen molar-refractivity contribution in [1.82, 2.24) is 9.97 Å². The molecule has 0 spiro atoms. The molecular formula is C21H17N3O3. The summed E-state index contributed by atoms with van der Waals surface area (Å²) in [7, 11) is 0. The third-order valence-electron chi connectivity index (χ3n) is 4.51. The van der Waals surface area contributed by atoms with Gasteiger partial charge < -0.3 is 15.5 Å². The van der Waals surface area contributed by atoms with Crippen molar-refractivity contribution < 1.29 is 15.0 Å². The zero-order valence-electron chi connectivity index (χ0n) is 14.5. The van der Waals surface area contributed by atoms with Gasteiger partial charge in [-0.25, -0.2) is 9.78 Å². The van der Waals surface area contributed by atoms with Crippen molar-refractivity contribution in [3.8, 4) is 0 Å². The number of aliphatic hydroxyl groups excluding tert-OH is 1. The summed E-state index contributed by atoms with van der Waals surface area (Å²) in [6.45, 7) is 1.70. The Morgan fingerprint density at radius 2 is 1.89 bits per heavy atom. The van der Waals surface area contributed by atoms with Gasteiger partial charge in [-0.1, -0.05) is 24.3 Å². The number of pyridine rings is 2. The molecule has 6 nitrogen and oxygen atoms in total. The average Bonchev–Trinajstić information content (AvgIpc) is 2.68. The number of benzene rings is 2. The van der Waals surface area contributed by atoms with Gasteiger partial charge in [-0.05, 0) is 31.2 Å². The summed E-state index contributed by atoms with van der Waals surface area (Å²) in [5.74, 6) is -0.422. The van der Waals surface area contributed by atoms with E-state index >= 15 is 0 Å². The number of nitrogens with one attached hydrogen (secondary N) is 1. The second kappa shape index (κ2) is 6.66. The van der Waals surface area contributed by atoms with Crippen LogP contribution in [-0.2, 0) is 0 Å². The zero-order chi connectivity index (χ0) is 19.0. The van der Waals surface area contributed by atoms with Crippen molar-refractivity contribution in [2.24, 2.45) is 0 Å². The van der Waals surface area contributed by atoms with E-state index in [-0.39, 0.29) is 5.56 Å². The zero-order valence-corrected chi connectivity index (χ0v) is 14.5. The molecule has 0 bridgehead atoms. The molecule has 2 aromatic heterocycles. The highest BCUT2D eigenvalue weighted by molar-refractivity contribution is 6.11. The van der Waals surface area contributed by atoms with Gasteiger partial charge in [-0.3, -0.25) is 4.98 Å². The molecule has 2 heterocycles. The van der Waals surface area contributed by atoms with Gasteiger partial charge in [0.1, 0.15) is 5.82 Å². The van der Waals surface area contributed by atoms with Crippen LogP contribution in [0.1, 0.15) is 28.9 Å². The summed E-state index contributed by atoms with van der Waals surface area (Å²) in [5.41, 5.74) is 2.23. The molecule has 4 rings (SSSR count). The first-order chi connectivity index (χ1) is 13.0. The van der Waals surface area contributed by atoms with Crippen LogP contribution in [0.3, 0.4) is 0 Å². The molecule has 0 aliphatic heterocycles. The summed E-state index contributed by atoms with van der Waals surface area (Å²) in [6, 6.07) is 14.2. The van der Waals surface area contributed by atoms with Crippen LogP contribution in [0, 0.1) is 0 Å². The highest BCUT2D eigenvalue weighted by atomic mass is 16.4. The van der Waals surface area contributed by atoms with Crippen LogP contribution >= 0.6 is 0 Å². The lowest BCUT2D eigenvalue weighted by molar-refractivity contribution is 0.0697. The van der Waals surface area contributed by atoms with E-state index in [2.05, 4.69) is 15.3 Å². The Kier molecular flexibility index (Phi) is 4.18. The molecule has 3 N–H and O–H groups in total. The Morgan fingerprint density at radius 3 is 2.67 bits per heavy atom. The van der Waals surface area contributed by atoms with Crippen molar-refractivity contribution in [3.05, 3.63) is 72.1 Å². The number of aliphatic hydroxyl groups is 1. The lowest BCUT2D eigenvalue weighted by Crippen LogP contribution is -2.02. The van der Waals surface area contributed by atoms with Crippen molar-refractivity contribution >= 4 is 39.1 Å². The van der Waals surface area contributed by atoms with Gasteiger partial charge in [0.05, 0.1) is 17.2 Å². The molecule has 0 radical (unpaired) electrons. The van der Waals surface area contributed by atoms with Crippen molar-refractivity contribution in [2.45, 2.75) is 13.0 Å². The number of aromatic carboxylic acids is 1. The van der Waals surface area contributed by atoms with Gasteiger partial charge in [-0.15, -0.1) is 0 Å². The molecule has 0 fully saturated rings. The number of para-hydroxylation sites is 1. The fraction of sp³-hybridized carbons (Fsp3) is 0.0952. The number of anilines is 2. The van der Waals surface area contributed by atoms with Crippen LogP contribution in [0.25, 0.3) is 21.7 Å². The maximum absolute atomic E-state index is 11.3. The van der Waals surface area contributed by atoms with E-state index in [0.717, 1.165) is 27.4 Å². The highest BCUT2D eigenvalue weighted by Crippen LogP contribution is 2.32. The largest absolute Gasteiger partial charge is 0.478 e. The number of rotatable bonds is 4. The van der Waals surface area contributed by atoms with Gasteiger partial charge in [-0.2, -0.15) is 0 Å². The fourth-order valence-corrected chi connectivity index (χ4v) is 3.18.